The molecule has 5 heteroatoms. The number of hydrogen-bond donors (Lipinski definition) is 3. The summed E-state index contributed by atoms with van der Waals surface area (Å²) in [6.45, 7) is 1.94. The number of nitrogens with one attached hydrogen (secondary N) is 1. The van der Waals surface area contributed by atoms with Crippen molar-refractivity contribution >= 4 is 16.8 Å². The Labute approximate surface area is 96.8 Å². The van der Waals surface area contributed by atoms with Gasteiger partial charge >= 0.3 is 0 Å². The summed E-state index contributed by atoms with van der Waals surface area (Å²) in [7, 11) is 0. The van der Waals surface area contributed by atoms with Crippen LogP contribution in [0.5, 0.6) is 5.75 Å². The summed E-state index contributed by atoms with van der Waals surface area (Å²) in [5, 5.41) is 14.6. The number of aryl methyl sites for hydroxylation is 1. The van der Waals surface area contributed by atoms with Gasteiger partial charge in [0, 0.05) is 22.2 Å². The van der Waals surface area contributed by atoms with Gasteiger partial charge in [0.25, 0.3) is 0 Å². The van der Waals surface area contributed by atoms with E-state index in [1.54, 1.807) is 6.07 Å². The Hall–Kier alpha value is -2.43. The van der Waals surface area contributed by atoms with E-state index >= 15 is 0 Å². The first-order valence-electron chi connectivity index (χ1n) is 5.18. The van der Waals surface area contributed by atoms with Gasteiger partial charge in [-0.1, -0.05) is 5.16 Å². The summed E-state index contributed by atoms with van der Waals surface area (Å²) < 4.78 is 4.80. The van der Waals surface area contributed by atoms with Gasteiger partial charge < -0.3 is 20.3 Å². The van der Waals surface area contributed by atoms with Crippen LogP contribution >= 0.6 is 0 Å². The molecule has 0 aliphatic rings. The van der Waals surface area contributed by atoms with E-state index in [1.807, 2.05) is 19.1 Å². The van der Waals surface area contributed by atoms with E-state index in [1.165, 1.54) is 6.20 Å². The molecule has 0 unspecified atom stereocenters. The molecule has 4 N–H and O–H groups in total. The van der Waals surface area contributed by atoms with Gasteiger partial charge in [0.15, 0.2) is 0 Å². The van der Waals surface area contributed by atoms with Crippen LogP contribution in [0.1, 0.15) is 5.69 Å². The molecule has 86 valence electrons. The quantitative estimate of drug-likeness (QED) is 0.598. The standard InChI is InChI=1S/C12H11N3O2/c1-6-4-8-10(15-6)3-2-7(11(8)16)9-5-14-17-12(9)13/h2-5,15-16H,13H2,1H3. The summed E-state index contributed by atoms with van der Waals surface area (Å²) in [5.74, 6) is 0.383. The number of benzene rings is 1. The van der Waals surface area contributed by atoms with Crippen molar-refractivity contribution in [2.45, 2.75) is 6.92 Å². The first-order chi connectivity index (χ1) is 8.16. The molecule has 2 aromatic heterocycles. The zero-order valence-corrected chi connectivity index (χ0v) is 9.19. The Morgan fingerprint density at radius 1 is 1.35 bits per heavy atom. The van der Waals surface area contributed by atoms with E-state index in [9.17, 15) is 5.11 Å². The number of phenols is 1. The lowest BCUT2D eigenvalue weighted by Crippen LogP contribution is -1.85. The molecule has 0 amide bonds. The first-order valence-corrected chi connectivity index (χ1v) is 5.18. The SMILES string of the molecule is Cc1cc2c(O)c(-c3cnoc3N)ccc2[nH]1. The number of nitrogens with two attached hydrogens (primary N) is 1. The second kappa shape index (κ2) is 3.28. The van der Waals surface area contributed by atoms with E-state index in [4.69, 9.17) is 10.3 Å². The third kappa shape index (κ3) is 1.36. The van der Waals surface area contributed by atoms with Crippen molar-refractivity contribution in [2.24, 2.45) is 0 Å². The summed E-state index contributed by atoms with van der Waals surface area (Å²) >= 11 is 0. The lowest BCUT2D eigenvalue weighted by Gasteiger charge is -2.03. The monoisotopic (exact) mass is 229 g/mol. The van der Waals surface area contributed by atoms with Gasteiger partial charge in [-0.3, -0.25) is 0 Å². The van der Waals surface area contributed by atoms with E-state index in [2.05, 4.69) is 10.1 Å². The topological polar surface area (TPSA) is 88.1 Å². The number of aromatic hydroxyl groups is 1. The molecule has 0 aliphatic carbocycles. The van der Waals surface area contributed by atoms with Crippen molar-refractivity contribution in [3.63, 3.8) is 0 Å². The van der Waals surface area contributed by atoms with E-state index < -0.39 is 0 Å². The molecule has 0 bridgehead atoms. The van der Waals surface area contributed by atoms with Crippen molar-refractivity contribution < 1.29 is 9.63 Å². The molecule has 0 spiro atoms. The van der Waals surface area contributed by atoms with E-state index in [0.29, 0.717) is 11.1 Å². The lowest BCUT2D eigenvalue weighted by atomic mass is 10.1. The number of aromatic nitrogens is 2. The molecule has 0 fully saturated rings. The minimum Gasteiger partial charge on any atom is -0.507 e. The Kier molecular flexibility index (Phi) is 1.89. The molecular formula is C12H11N3O2. The van der Waals surface area contributed by atoms with Crippen LogP contribution in [-0.2, 0) is 0 Å². The molecule has 0 saturated heterocycles. The van der Waals surface area contributed by atoms with Gasteiger partial charge in [-0.25, -0.2) is 0 Å². The van der Waals surface area contributed by atoms with Crippen molar-refractivity contribution in [3.8, 4) is 16.9 Å². The second-order valence-corrected chi connectivity index (χ2v) is 3.98. The second-order valence-electron chi connectivity index (χ2n) is 3.98. The third-order valence-electron chi connectivity index (χ3n) is 2.80. The number of nitrogens with zero attached hydrogens (tertiary/aromatic N) is 1. The minimum absolute atomic E-state index is 0.182. The highest BCUT2D eigenvalue weighted by atomic mass is 16.5. The van der Waals surface area contributed by atoms with Gasteiger partial charge in [-0.05, 0) is 25.1 Å². The zero-order chi connectivity index (χ0) is 12.0. The molecule has 17 heavy (non-hydrogen) atoms. The van der Waals surface area contributed by atoms with Crippen LogP contribution in [0.15, 0.2) is 28.9 Å². The average molecular weight is 229 g/mol. The Bertz CT molecular complexity index is 697. The largest absolute Gasteiger partial charge is 0.507 e. The number of phenolic OH excluding ortho intramolecular Hbond substituents is 1. The fourth-order valence-corrected chi connectivity index (χ4v) is 2.00. The van der Waals surface area contributed by atoms with Gasteiger partial charge in [0.1, 0.15) is 5.75 Å². The number of fused-ring (bicyclic) bond motifs is 1. The Morgan fingerprint density at radius 2 is 2.18 bits per heavy atom. The summed E-state index contributed by atoms with van der Waals surface area (Å²) in [4.78, 5) is 3.16. The van der Waals surface area contributed by atoms with Crippen LogP contribution in [0, 0.1) is 6.92 Å². The van der Waals surface area contributed by atoms with Crippen LogP contribution in [0.3, 0.4) is 0 Å². The summed E-state index contributed by atoms with van der Waals surface area (Å²) in [6, 6.07) is 5.57. The number of aromatic amines is 1. The number of hydrogen-bond acceptors (Lipinski definition) is 4. The molecule has 2 heterocycles. The molecule has 5 nitrogen and oxygen atoms in total. The average Bonchev–Trinajstić information content (AvgIpc) is 2.85. The summed E-state index contributed by atoms with van der Waals surface area (Å²) in [6.07, 6.45) is 1.50. The maximum Gasteiger partial charge on any atom is 0.230 e. The van der Waals surface area contributed by atoms with Gasteiger partial charge in [-0.2, -0.15) is 0 Å². The minimum atomic E-state index is 0.182. The van der Waals surface area contributed by atoms with Crippen LogP contribution in [-0.4, -0.2) is 15.2 Å². The third-order valence-corrected chi connectivity index (χ3v) is 2.80. The van der Waals surface area contributed by atoms with Gasteiger partial charge in [0.05, 0.1) is 11.8 Å². The smallest absolute Gasteiger partial charge is 0.230 e. The maximum absolute atomic E-state index is 10.2. The molecule has 0 saturated carbocycles. The van der Waals surface area contributed by atoms with Crippen LogP contribution in [0.25, 0.3) is 22.0 Å². The highest BCUT2D eigenvalue weighted by molar-refractivity contribution is 5.94. The number of nitrogen functional groups attached to an aromatic ring is 1. The molecule has 0 radical (unpaired) electrons. The van der Waals surface area contributed by atoms with E-state index in [0.717, 1.165) is 16.6 Å². The molecule has 3 aromatic rings. The fraction of sp³-hybridized carbons (Fsp3) is 0.0833. The van der Waals surface area contributed by atoms with Crippen LogP contribution in [0.2, 0.25) is 0 Å². The molecule has 3 rings (SSSR count). The summed E-state index contributed by atoms with van der Waals surface area (Å²) in [5.41, 5.74) is 8.74. The Morgan fingerprint density at radius 3 is 2.88 bits per heavy atom. The van der Waals surface area contributed by atoms with Gasteiger partial charge in [-0.15, -0.1) is 0 Å². The van der Waals surface area contributed by atoms with Crippen LogP contribution in [0.4, 0.5) is 5.88 Å². The van der Waals surface area contributed by atoms with Crippen molar-refractivity contribution in [3.05, 3.63) is 30.1 Å². The normalized spacial score (nSPS) is 11.1. The molecule has 0 atom stereocenters. The number of rotatable bonds is 1. The maximum atomic E-state index is 10.2. The predicted molar refractivity (Wildman–Crippen MR) is 64.6 cm³/mol. The lowest BCUT2D eigenvalue weighted by molar-refractivity contribution is 0.436. The zero-order valence-electron chi connectivity index (χ0n) is 9.19. The number of H-pyrrole nitrogens is 1. The highest BCUT2D eigenvalue weighted by Crippen LogP contribution is 2.38. The van der Waals surface area contributed by atoms with Crippen molar-refractivity contribution in [1.82, 2.24) is 10.1 Å². The van der Waals surface area contributed by atoms with Crippen molar-refractivity contribution in [2.75, 3.05) is 5.73 Å². The predicted octanol–water partition coefficient (Wildman–Crippen LogP) is 2.42. The van der Waals surface area contributed by atoms with Gasteiger partial charge in [0.2, 0.25) is 5.88 Å². The van der Waals surface area contributed by atoms with Crippen molar-refractivity contribution in [1.29, 1.82) is 0 Å². The molecule has 0 aliphatic heterocycles. The fourth-order valence-electron chi connectivity index (χ4n) is 2.00. The molecule has 1 aromatic carbocycles. The van der Waals surface area contributed by atoms with Crippen LogP contribution < -0.4 is 5.73 Å². The van der Waals surface area contributed by atoms with E-state index in [-0.39, 0.29) is 11.6 Å². The Balaban J connectivity index is 2.31. The number of anilines is 1. The first kappa shape index (κ1) is 9.77. The highest BCUT2D eigenvalue weighted by Gasteiger charge is 2.14. The molecular weight excluding hydrogens is 218 g/mol.